The Balaban J connectivity index is 1.41. The highest BCUT2D eigenvalue weighted by atomic mass is 16.7. The lowest BCUT2D eigenvalue weighted by Gasteiger charge is -2.62. The van der Waals surface area contributed by atoms with Crippen LogP contribution in [0.2, 0.25) is 0 Å². The Labute approximate surface area is 226 Å². The summed E-state index contributed by atoms with van der Waals surface area (Å²) in [5.74, 6) is 1.61. The largest absolute Gasteiger partial charge is 0.496 e. The van der Waals surface area contributed by atoms with Crippen LogP contribution in [-0.4, -0.2) is 59.2 Å². The van der Waals surface area contributed by atoms with Crippen LogP contribution in [0.25, 0.3) is 11.1 Å². The van der Waals surface area contributed by atoms with Crippen molar-refractivity contribution in [1.82, 2.24) is 10.4 Å². The fourth-order valence-corrected chi connectivity index (χ4v) is 7.45. The molecule has 1 heterocycles. The monoisotopic (exact) mass is 522 g/mol. The summed E-state index contributed by atoms with van der Waals surface area (Å²) >= 11 is 0. The van der Waals surface area contributed by atoms with Gasteiger partial charge in [-0.15, -0.1) is 0 Å². The molecule has 3 N–H and O–H groups in total. The van der Waals surface area contributed by atoms with Crippen LogP contribution >= 0.6 is 0 Å². The number of nitrogens with one attached hydrogen (secondary N) is 1. The number of para-hydroxylation sites is 1. The fourth-order valence-electron chi connectivity index (χ4n) is 7.45. The van der Waals surface area contributed by atoms with Gasteiger partial charge >= 0.3 is 0 Å². The molecule has 0 spiro atoms. The molecule has 7 nitrogen and oxygen atoms in total. The molecule has 4 aliphatic rings. The third kappa shape index (κ3) is 4.64. The number of carbonyl (C=O) groups is 1. The van der Waals surface area contributed by atoms with E-state index in [1.54, 1.807) is 19.1 Å². The lowest BCUT2D eigenvalue weighted by Crippen LogP contribution is -2.62. The zero-order valence-corrected chi connectivity index (χ0v) is 23.1. The van der Waals surface area contributed by atoms with E-state index in [1.807, 2.05) is 48.5 Å². The molecule has 1 saturated heterocycles. The molecule has 1 amide bonds. The Morgan fingerprint density at radius 1 is 1.18 bits per heavy atom. The van der Waals surface area contributed by atoms with Gasteiger partial charge in [-0.05, 0) is 48.5 Å². The summed E-state index contributed by atoms with van der Waals surface area (Å²) < 4.78 is 5.85. The Morgan fingerprint density at radius 3 is 2.53 bits per heavy atom. The van der Waals surface area contributed by atoms with E-state index in [1.165, 1.54) is 6.42 Å². The third-order valence-corrected chi connectivity index (χ3v) is 9.77. The van der Waals surface area contributed by atoms with E-state index in [2.05, 4.69) is 26.1 Å². The van der Waals surface area contributed by atoms with E-state index in [0.29, 0.717) is 28.9 Å². The van der Waals surface area contributed by atoms with Gasteiger partial charge in [0, 0.05) is 23.1 Å². The molecule has 38 heavy (non-hydrogen) atoms. The molecule has 0 aromatic heterocycles. The van der Waals surface area contributed by atoms with E-state index >= 15 is 0 Å². The predicted octanol–water partition coefficient (Wildman–Crippen LogP) is 4.02. The van der Waals surface area contributed by atoms with Crippen molar-refractivity contribution in [2.24, 2.45) is 29.1 Å². The number of nitrogens with zero attached hydrogens (tertiary/aromatic N) is 1. The first-order valence-electron chi connectivity index (χ1n) is 13.9. The van der Waals surface area contributed by atoms with E-state index in [4.69, 9.17) is 9.57 Å². The van der Waals surface area contributed by atoms with Crippen molar-refractivity contribution in [3.8, 4) is 16.9 Å². The molecule has 4 fully saturated rings. The first-order chi connectivity index (χ1) is 18.2. The Bertz CT molecular complexity index is 1140. The summed E-state index contributed by atoms with van der Waals surface area (Å²) in [7, 11) is 1.65. The average Bonchev–Trinajstić information content (AvgIpc) is 3.28. The minimum Gasteiger partial charge on any atom is -0.496 e. The molecule has 8 atom stereocenters. The van der Waals surface area contributed by atoms with Gasteiger partial charge in [-0.25, -0.2) is 0 Å². The van der Waals surface area contributed by atoms with Crippen LogP contribution in [0.5, 0.6) is 5.75 Å². The smallest absolute Gasteiger partial charge is 0.240 e. The summed E-state index contributed by atoms with van der Waals surface area (Å²) in [5.41, 5.74) is 3.18. The van der Waals surface area contributed by atoms with Crippen molar-refractivity contribution < 1.29 is 24.6 Å². The van der Waals surface area contributed by atoms with Crippen molar-refractivity contribution >= 4 is 5.91 Å². The summed E-state index contributed by atoms with van der Waals surface area (Å²) in [6.45, 7) is 8.60. The number of benzene rings is 2. The van der Waals surface area contributed by atoms with E-state index in [-0.39, 0.29) is 25.1 Å². The molecule has 206 valence electrons. The van der Waals surface area contributed by atoms with Crippen molar-refractivity contribution in [2.45, 2.75) is 71.4 Å². The fraction of sp³-hybridized carbons (Fsp3) is 0.581. The zero-order chi connectivity index (χ0) is 27.2. The summed E-state index contributed by atoms with van der Waals surface area (Å²) in [6, 6.07) is 15.3. The molecule has 7 heteroatoms. The maximum absolute atomic E-state index is 13.9. The van der Waals surface area contributed by atoms with E-state index < -0.39 is 24.2 Å². The SMILES string of the molecule is COc1c(CN2O[C@@H](CO)[C@H]([C@H](C)O)[C@H]2C(=O)N[C@H]2C[C@H]3C[C@@H]([C@@H]2C)C3(C)C)cccc1-c1ccccc1. The van der Waals surface area contributed by atoms with Gasteiger partial charge in [0.25, 0.3) is 0 Å². The van der Waals surface area contributed by atoms with Crippen LogP contribution in [0, 0.1) is 29.1 Å². The van der Waals surface area contributed by atoms with Crippen LogP contribution in [0.3, 0.4) is 0 Å². The van der Waals surface area contributed by atoms with Crippen molar-refractivity contribution in [2.75, 3.05) is 13.7 Å². The molecular formula is C31H42N2O5. The molecule has 2 bridgehead atoms. The van der Waals surface area contributed by atoms with Gasteiger partial charge in [-0.1, -0.05) is 69.3 Å². The average molecular weight is 523 g/mol. The van der Waals surface area contributed by atoms with Crippen molar-refractivity contribution in [3.05, 3.63) is 54.1 Å². The van der Waals surface area contributed by atoms with Gasteiger partial charge in [-0.3, -0.25) is 9.63 Å². The normalized spacial score (nSPS) is 32.9. The number of rotatable bonds is 8. The van der Waals surface area contributed by atoms with Gasteiger partial charge in [0.05, 0.1) is 26.4 Å². The van der Waals surface area contributed by atoms with Crippen LogP contribution in [0.15, 0.2) is 48.5 Å². The minimum absolute atomic E-state index is 0.0971. The van der Waals surface area contributed by atoms with Crippen molar-refractivity contribution in [3.63, 3.8) is 0 Å². The molecule has 1 aliphatic heterocycles. The quantitative estimate of drug-likeness (QED) is 0.485. The second-order valence-electron chi connectivity index (χ2n) is 12.1. The summed E-state index contributed by atoms with van der Waals surface area (Å²) in [6.07, 6.45) is 0.700. The van der Waals surface area contributed by atoms with Crippen LogP contribution in [-0.2, 0) is 16.2 Å². The highest BCUT2D eigenvalue weighted by Gasteiger charge is 2.57. The number of methoxy groups -OCH3 is 1. The Kier molecular flexibility index (Phi) is 7.57. The number of ether oxygens (including phenoxy) is 1. The van der Waals surface area contributed by atoms with Crippen LogP contribution < -0.4 is 10.1 Å². The number of hydroxylamine groups is 2. The maximum Gasteiger partial charge on any atom is 0.240 e. The third-order valence-electron chi connectivity index (χ3n) is 9.77. The van der Waals surface area contributed by atoms with Crippen LogP contribution in [0.4, 0.5) is 0 Å². The number of hydrogen-bond acceptors (Lipinski definition) is 6. The molecule has 3 aliphatic carbocycles. The molecule has 6 rings (SSSR count). The molecule has 0 unspecified atom stereocenters. The van der Waals surface area contributed by atoms with Gasteiger partial charge < -0.3 is 20.3 Å². The van der Waals surface area contributed by atoms with E-state index in [9.17, 15) is 15.0 Å². The number of hydrogen-bond donors (Lipinski definition) is 3. The number of aliphatic hydroxyl groups excluding tert-OH is 2. The Hall–Kier alpha value is -2.45. The van der Waals surface area contributed by atoms with Gasteiger partial charge in [0.15, 0.2) is 0 Å². The molecule has 3 saturated carbocycles. The highest BCUT2D eigenvalue weighted by Crippen LogP contribution is 2.61. The van der Waals surface area contributed by atoms with E-state index in [0.717, 1.165) is 23.1 Å². The lowest BCUT2D eigenvalue weighted by atomic mass is 9.45. The molecular weight excluding hydrogens is 480 g/mol. The lowest BCUT2D eigenvalue weighted by molar-refractivity contribution is -0.183. The van der Waals surface area contributed by atoms with Crippen LogP contribution in [0.1, 0.15) is 46.1 Å². The Morgan fingerprint density at radius 2 is 1.92 bits per heavy atom. The highest BCUT2D eigenvalue weighted by molar-refractivity contribution is 5.83. The summed E-state index contributed by atoms with van der Waals surface area (Å²) in [4.78, 5) is 20.1. The standard InChI is InChI=1S/C31H42N2O5/c1-18-24-14-22(31(24,3)4)15-25(18)32-30(36)28-27(19(2)35)26(17-34)38-33(28)16-21-12-9-13-23(29(21)37-5)20-10-7-6-8-11-20/h6-13,18-19,22,24-28,34-35H,14-17H2,1-5H3,(H,32,36)/t18-,19-,22+,24-,25-,26-,27-,28-/m0/s1. The molecule has 2 aromatic carbocycles. The first kappa shape index (κ1) is 27.1. The zero-order valence-electron chi connectivity index (χ0n) is 23.1. The summed E-state index contributed by atoms with van der Waals surface area (Å²) in [5, 5.41) is 25.8. The maximum atomic E-state index is 13.9. The number of aliphatic hydroxyl groups is 2. The van der Waals surface area contributed by atoms with Gasteiger partial charge in [-0.2, -0.15) is 5.06 Å². The molecule has 0 radical (unpaired) electrons. The molecule has 2 aromatic rings. The predicted molar refractivity (Wildman–Crippen MR) is 146 cm³/mol. The number of fused-ring (bicyclic) bond motifs is 2. The van der Waals surface area contributed by atoms with Crippen molar-refractivity contribution in [1.29, 1.82) is 0 Å². The number of amides is 1. The second-order valence-corrected chi connectivity index (χ2v) is 12.1. The minimum atomic E-state index is -0.832. The van der Waals surface area contributed by atoms with Gasteiger partial charge in [0.1, 0.15) is 17.9 Å². The second kappa shape index (κ2) is 10.6. The first-order valence-corrected chi connectivity index (χ1v) is 13.9. The topological polar surface area (TPSA) is 91.3 Å². The number of carbonyl (C=O) groups excluding carboxylic acids is 1. The van der Waals surface area contributed by atoms with Gasteiger partial charge in [0.2, 0.25) is 5.91 Å².